The van der Waals surface area contributed by atoms with Gasteiger partial charge in [0.25, 0.3) is 0 Å². The van der Waals surface area contributed by atoms with Crippen molar-refractivity contribution in [2.45, 2.75) is 25.8 Å². The molecule has 2 heterocycles. The minimum Gasteiger partial charge on any atom is -0.346 e. The SMILES string of the molecule is C#CCNC(=O)CNC(=O)CN(CC1CCN(C(C)c2ccnc3ccccc23)CC1)S(=O)O. The number of nitrogens with zero attached hydrogens (tertiary/aromatic N) is 3. The highest BCUT2D eigenvalue weighted by Crippen LogP contribution is 2.30. The number of piperidine rings is 1. The Morgan fingerprint density at radius 1 is 1.26 bits per heavy atom. The fraction of sp³-hybridized carbons (Fsp3) is 0.458. The Kier molecular flexibility index (Phi) is 9.53. The van der Waals surface area contributed by atoms with Crippen molar-refractivity contribution in [3.05, 3.63) is 42.1 Å². The van der Waals surface area contributed by atoms with Gasteiger partial charge in [-0.2, -0.15) is 4.31 Å². The van der Waals surface area contributed by atoms with Crippen molar-refractivity contribution < 1.29 is 18.4 Å². The second-order valence-electron chi connectivity index (χ2n) is 8.38. The van der Waals surface area contributed by atoms with Crippen molar-refractivity contribution in [1.82, 2.24) is 24.8 Å². The van der Waals surface area contributed by atoms with E-state index in [2.05, 4.69) is 45.5 Å². The minimum absolute atomic E-state index is 0.0795. The molecule has 0 aliphatic carbocycles. The molecule has 2 amide bonds. The van der Waals surface area contributed by atoms with E-state index < -0.39 is 23.1 Å². The Balaban J connectivity index is 1.50. The van der Waals surface area contributed by atoms with Gasteiger partial charge in [0.05, 0.1) is 25.2 Å². The Morgan fingerprint density at radius 3 is 2.71 bits per heavy atom. The second kappa shape index (κ2) is 12.6. The number of likely N-dealkylation sites (tertiary alicyclic amines) is 1. The first-order chi connectivity index (χ1) is 16.4. The summed E-state index contributed by atoms with van der Waals surface area (Å²) in [5, 5.41) is 6.05. The zero-order valence-corrected chi connectivity index (χ0v) is 20.1. The first-order valence-corrected chi connectivity index (χ1v) is 12.4. The summed E-state index contributed by atoms with van der Waals surface area (Å²) in [7, 11) is 0. The summed E-state index contributed by atoms with van der Waals surface area (Å²) < 4.78 is 22.7. The molecule has 0 bridgehead atoms. The maximum Gasteiger partial charge on any atom is 0.240 e. The van der Waals surface area contributed by atoms with E-state index in [1.807, 2.05) is 24.4 Å². The molecule has 10 heteroatoms. The fourth-order valence-electron chi connectivity index (χ4n) is 4.28. The van der Waals surface area contributed by atoms with Crippen molar-refractivity contribution in [3.63, 3.8) is 0 Å². The second-order valence-corrected chi connectivity index (χ2v) is 9.36. The average molecular weight is 486 g/mol. The molecular weight excluding hydrogens is 454 g/mol. The Hall–Kier alpha value is -2.84. The van der Waals surface area contributed by atoms with Gasteiger partial charge in [-0.15, -0.1) is 6.42 Å². The van der Waals surface area contributed by atoms with Gasteiger partial charge in [-0.05, 0) is 56.5 Å². The Bertz CT molecular complexity index is 1060. The number of pyridine rings is 1. The van der Waals surface area contributed by atoms with Crippen molar-refractivity contribution in [2.75, 3.05) is 39.3 Å². The molecule has 182 valence electrons. The molecule has 34 heavy (non-hydrogen) atoms. The molecule has 1 aliphatic heterocycles. The van der Waals surface area contributed by atoms with Crippen molar-refractivity contribution in [3.8, 4) is 12.3 Å². The van der Waals surface area contributed by atoms with Crippen LogP contribution in [0.25, 0.3) is 10.9 Å². The van der Waals surface area contributed by atoms with Crippen LogP contribution in [0.2, 0.25) is 0 Å². The number of rotatable bonds is 10. The van der Waals surface area contributed by atoms with Crippen LogP contribution in [0.15, 0.2) is 36.5 Å². The molecular formula is C24H31N5O4S. The van der Waals surface area contributed by atoms with Crippen LogP contribution in [0.1, 0.15) is 31.4 Å². The van der Waals surface area contributed by atoms with Crippen LogP contribution in [0.3, 0.4) is 0 Å². The first kappa shape index (κ1) is 25.8. The van der Waals surface area contributed by atoms with Crippen LogP contribution in [0.5, 0.6) is 0 Å². The van der Waals surface area contributed by atoms with Crippen molar-refractivity contribution in [2.24, 2.45) is 5.92 Å². The van der Waals surface area contributed by atoms with E-state index in [0.717, 1.165) is 36.8 Å². The largest absolute Gasteiger partial charge is 0.346 e. The number of benzene rings is 1. The fourth-order valence-corrected chi connectivity index (χ4v) is 4.85. The summed E-state index contributed by atoms with van der Waals surface area (Å²) in [6.07, 6.45) is 8.63. The van der Waals surface area contributed by atoms with E-state index in [1.165, 1.54) is 9.87 Å². The van der Waals surface area contributed by atoms with Crippen LogP contribution in [-0.4, -0.2) is 74.0 Å². The lowest BCUT2D eigenvalue weighted by Crippen LogP contribution is -2.45. The molecule has 1 aromatic heterocycles. The highest BCUT2D eigenvalue weighted by molar-refractivity contribution is 7.76. The van der Waals surface area contributed by atoms with Crippen LogP contribution in [0, 0.1) is 18.3 Å². The molecule has 3 rings (SSSR count). The smallest absolute Gasteiger partial charge is 0.240 e. The van der Waals surface area contributed by atoms with Gasteiger partial charge < -0.3 is 10.6 Å². The highest BCUT2D eigenvalue weighted by atomic mass is 32.2. The molecule has 3 N–H and O–H groups in total. The molecule has 2 aromatic rings. The summed E-state index contributed by atoms with van der Waals surface area (Å²) in [6, 6.07) is 10.4. The van der Waals surface area contributed by atoms with Crippen LogP contribution >= 0.6 is 0 Å². The molecule has 0 radical (unpaired) electrons. The molecule has 9 nitrogen and oxygen atoms in total. The number of carbonyl (C=O) groups is 2. The first-order valence-electron chi connectivity index (χ1n) is 11.3. The topological polar surface area (TPSA) is 115 Å². The summed E-state index contributed by atoms with van der Waals surface area (Å²) in [6.45, 7) is 3.83. The molecule has 1 aliphatic rings. The van der Waals surface area contributed by atoms with E-state index in [0.29, 0.717) is 6.54 Å². The third-order valence-corrected chi connectivity index (χ3v) is 6.89. The number of aromatic nitrogens is 1. The van der Waals surface area contributed by atoms with Crippen molar-refractivity contribution >= 4 is 34.0 Å². The maximum atomic E-state index is 12.2. The van der Waals surface area contributed by atoms with Crippen LogP contribution in [0.4, 0.5) is 0 Å². The number of hydrogen-bond acceptors (Lipinski definition) is 5. The molecule has 1 aromatic carbocycles. The molecule has 1 fully saturated rings. The van der Waals surface area contributed by atoms with E-state index in [1.54, 1.807) is 0 Å². The van der Waals surface area contributed by atoms with Gasteiger partial charge in [-0.1, -0.05) is 24.1 Å². The summed E-state index contributed by atoms with van der Waals surface area (Å²) >= 11 is -2.28. The number of terminal acetylenes is 1. The normalized spacial score (nSPS) is 16.6. The van der Waals surface area contributed by atoms with Gasteiger partial charge in [0.15, 0.2) is 0 Å². The van der Waals surface area contributed by atoms with Crippen LogP contribution in [-0.2, 0) is 20.9 Å². The number of fused-ring (bicyclic) bond motifs is 1. The van der Waals surface area contributed by atoms with Gasteiger partial charge in [0, 0.05) is 24.2 Å². The minimum atomic E-state index is -2.28. The monoisotopic (exact) mass is 485 g/mol. The van der Waals surface area contributed by atoms with Gasteiger partial charge in [0.2, 0.25) is 23.1 Å². The maximum absolute atomic E-state index is 12.2. The van der Waals surface area contributed by atoms with E-state index in [4.69, 9.17) is 6.42 Å². The van der Waals surface area contributed by atoms with E-state index >= 15 is 0 Å². The lowest BCUT2D eigenvalue weighted by atomic mass is 9.93. The number of para-hydroxylation sites is 1. The Morgan fingerprint density at radius 2 is 2.00 bits per heavy atom. The predicted molar refractivity (Wildman–Crippen MR) is 132 cm³/mol. The number of carbonyl (C=O) groups excluding carboxylic acids is 2. The standard InChI is InChI=1S/C24H31N5O4S/c1-3-11-26-23(30)15-27-24(31)17-29(34(32)33)16-19-9-13-28(14-10-19)18(2)20-8-12-25-22-7-5-4-6-21(20)22/h1,4-8,12,18-19H,9-11,13-17H2,2H3,(H,26,30)(H,27,31)(H,32,33). The molecule has 2 atom stereocenters. The molecule has 0 spiro atoms. The summed E-state index contributed by atoms with van der Waals surface area (Å²) in [5.74, 6) is 1.57. The van der Waals surface area contributed by atoms with E-state index in [-0.39, 0.29) is 31.6 Å². The lowest BCUT2D eigenvalue weighted by Gasteiger charge is -2.37. The lowest BCUT2D eigenvalue weighted by molar-refractivity contribution is -0.126. The Labute approximate surface area is 202 Å². The van der Waals surface area contributed by atoms with E-state index in [9.17, 15) is 18.4 Å². The number of amides is 2. The third-order valence-electron chi connectivity index (χ3n) is 6.17. The summed E-state index contributed by atoms with van der Waals surface area (Å²) in [5.41, 5.74) is 2.22. The third kappa shape index (κ3) is 7.08. The van der Waals surface area contributed by atoms with Gasteiger partial charge in [0.1, 0.15) is 0 Å². The van der Waals surface area contributed by atoms with Crippen molar-refractivity contribution in [1.29, 1.82) is 0 Å². The number of nitrogens with one attached hydrogen (secondary N) is 2. The molecule has 1 saturated heterocycles. The highest BCUT2D eigenvalue weighted by Gasteiger charge is 2.27. The quantitative estimate of drug-likeness (QED) is 0.345. The zero-order chi connectivity index (χ0) is 24.5. The predicted octanol–water partition coefficient (Wildman–Crippen LogP) is 1.31. The summed E-state index contributed by atoms with van der Waals surface area (Å²) in [4.78, 5) is 30.6. The van der Waals surface area contributed by atoms with Gasteiger partial charge >= 0.3 is 0 Å². The molecule has 2 unspecified atom stereocenters. The van der Waals surface area contributed by atoms with Gasteiger partial charge in [-0.3, -0.25) is 24.0 Å². The molecule has 0 saturated carbocycles. The van der Waals surface area contributed by atoms with Gasteiger partial charge in [-0.25, -0.2) is 4.21 Å². The van der Waals surface area contributed by atoms with Crippen LogP contribution < -0.4 is 10.6 Å². The number of hydrogen-bond donors (Lipinski definition) is 3. The average Bonchev–Trinajstić information content (AvgIpc) is 2.85. The zero-order valence-electron chi connectivity index (χ0n) is 19.3.